The van der Waals surface area contributed by atoms with Crippen LogP contribution in [0, 0.1) is 0 Å². The normalized spacial score (nSPS) is 14.5. The molecule has 27 heavy (non-hydrogen) atoms. The summed E-state index contributed by atoms with van der Waals surface area (Å²) in [5.74, 6) is -0.547. The van der Waals surface area contributed by atoms with Crippen LogP contribution in [0.2, 0.25) is 0 Å². The van der Waals surface area contributed by atoms with Crippen molar-refractivity contribution in [2.24, 2.45) is 0 Å². The largest absolute Gasteiger partial charge is 0.449 e. The van der Waals surface area contributed by atoms with Gasteiger partial charge in [0.05, 0.1) is 0 Å². The number of hydrogen-bond donors (Lipinski definition) is 0. The van der Waals surface area contributed by atoms with Gasteiger partial charge < -0.3 is 14.1 Å². The van der Waals surface area contributed by atoms with Crippen LogP contribution >= 0.6 is 0 Å². The fraction of sp³-hybridized carbons (Fsp3) is 0.190. The maximum atomic E-state index is 12.6. The van der Waals surface area contributed by atoms with Crippen molar-refractivity contribution < 1.29 is 18.7 Å². The van der Waals surface area contributed by atoms with E-state index < -0.39 is 12.1 Å². The topological polar surface area (TPSA) is 72.6 Å². The number of amides is 1. The van der Waals surface area contributed by atoms with Gasteiger partial charge in [-0.15, -0.1) is 0 Å². The van der Waals surface area contributed by atoms with Crippen LogP contribution < -0.4 is 4.90 Å². The molecule has 0 spiro atoms. The molecule has 0 radical (unpaired) electrons. The van der Waals surface area contributed by atoms with Crippen LogP contribution in [-0.4, -0.2) is 29.5 Å². The Kier molecular flexibility index (Phi) is 4.46. The van der Waals surface area contributed by atoms with Crippen molar-refractivity contribution in [3.05, 3.63) is 66.1 Å². The van der Waals surface area contributed by atoms with E-state index >= 15 is 0 Å². The molecule has 6 nitrogen and oxygen atoms in total. The number of hydrogen-bond acceptors (Lipinski definition) is 5. The van der Waals surface area contributed by atoms with Crippen molar-refractivity contribution in [2.75, 3.05) is 11.4 Å². The van der Waals surface area contributed by atoms with Crippen LogP contribution in [0.3, 0.4) is 0 Å². The Morgan fingerprint density at radius 2 is 1.96 bits per heavy atom. The van der Waals surface area contributed by atoms with E-state index in [0.717, 1.165) is 17.7 Å². The van der Waals surface area contributed by atoms with E-state index in [2.05, 4.69) is 4.98 Å². The van der Waals surface area contributed by atoms with E-state index in [1.165, 1.54) is 12.2 Å². The zero-order valence-electron chi connectivity index (χ0n) is 14.8. The molecule has 4 rings (SSSR count). The average Bonchev–Trinajstić information content (AvgIpc) is 3.29. The Bertz CT molecular complexity index is 1000. The number of esters is 1. The fourth-order valence-corrected chi connectivity index (χ4v) is 3.15. The second-order valence-electron chi connectivity index (χ2n) is 6.30. The molecule has 0 saturated carbocycles. The summed E-state index contributed by atoms with van der Waals surface area (Å²) in [6.07, 6.45) is 2.58. The summed E-state index contributed by atoms with van der Waals surface area (Å²) in [5.41, 5.74) is 3.36. The van der Waals surface area contributed by atoms with E-state index in [4.69, 9.17) is 9.15 Å². The van der Waals surface area contributed by atoms with E-state index in [-0.39, 0.29) is 5.91 Å². The maximum Gasteiger partial charge on any atom is 0.331 e. The molecule has 1 aromatic heterocycles. The van der Waals surface area contributed by atoms with Gasteiger partial charge in [0.15, 0.2) is 11.7 Å². The Hall–Kier alpha value is -3.41. The third kappa shape index (κ3) is 3.46. The molecule has 1 amide bonds. The third-order valence-corrected chi connectivity index (χ3v) is 4.47. The molecular formula is C21H18N2O4. The lowest BCUT2D eigenvalue weighted by molar-refractivity contribution is -0.149. The fourth-order valence-electron chi connectivity index (χ4n) is 3.15. The van der Waals surface area contributed by atoms with Gasteiger partial charge in [-0.2, -0.15) is 0 Å². The predicted octanol–water partition coefficient (Wildman–Crippen LogP) is 3.36. The molecule has 2 aromatic carbocycles. The van der Waals surface area contributed by atoms with Gasteiger partial charge in [-0.3, -0.25) is 4.79 Å². The van der Waals surface area contributed by atoms with Crippen LogP contribution in [0.5, 0.6) is 0 Å². The molecule has 1 unspecified atom stereocenters. The lowest BCUT2D eigenvalue weighted by Crippen LogP contribution is -2.38. The number of rotatable bonds is 4. The zero-order chi connectivity index (χ0) is 18.8. The molecule has 0 N–H and O–H groups in total. The van der Waals surface area contributed by atoms with Gasteiger partial charge in [0.25, 0.3) is 5.91 Å². The van der Waals surface area contributed by atoms with Crippen molar-refractivity contribution in [3.8, 4) is 0 Å². The number of nitrogens with zero attached hydrogens (tertiary/aromatic N) is 2. The smallest absolute Gasteiger partial charge is 0.331 e. The lowest BCUT2D eigenvalue weighted by Gasteiger charge is -2.21. The van der Waals surface area contributed by atoms with E-state index in [1.54, 1.807) is 17.9 Å². The Labute approximate surface area is 156 Å². The van der Waals surface area contributed by atoms with Crippen LogP contribution in [-0.2, 0) is 20.7 Å². The molecule has 2 heterocycles. The summed E-state index contributed by atoms with van der Waals surface area (Å²) >= 11 is 0. The molecule has 0 saturated heterocycles. The summed E-state index contributed by atoms with van der Waals surface area (Å²) < 4.78 is 10.8. The summed E-state index contributed by atoms with van der Waals surface area (Å²) in [6.45, 7) is 2.17. The van der Waals surface area contributed by atoms with Crippen molar-refractivity contribution >= 4 is 34.7 Å². The number of aromatic nitrogens is 1. The molecule has 0 fully saturated rings. The minimum atomic E-state index is -0.878. The number of fused-ring (bicyclic) bond motifs is 2. The van der Waals surface area contributed by atoms with Crippen molar-refractivity contribution in [3.63, 3.8) is 0 Å². The first-order valence-electron chi connectivity index (χ1n) is 8.75. The van der Waals surface area contributed by atoms with Gasteiger partial charge >= 0.3 is 5.97 Å². The number of carbonyl (C=O) groups excluding carboxylic acids is 2. The minimum absolute atomic E-state index is 0.233. The van der Waals surface area contributed by atoms with Gasteiger partial charge in [-0.1, -0.05) is 30.3 Å². The molecule has 1 atom stereocenters. The van der Waals surface area contributed by atoms with Crippen molar-refractivity contribution in [1.82, 2.24) is 4.98 Å². The van der Waals surface area contributed by atoms with Crippen LogP contribution in [0.4, 0.5) is 5.69 Å². The number of anilines is 1. The van der Waals surface area contributed by atoms with Gasteiger partial charge in [-0.25, -0.2) is 9.78 Å². The highest BCUT2D eigenvalue weighted by Crippen LogP contribution is 2.28. The number of oxazole rings is 1. The van der Waals surface area contributed by atoms with Crippen LogP contribution in [0.25, 0.3) is 17.2 Å². The average molecular weight is 362 g/mol. The molecule has 3 aromatic rings. The number of ether oxygens (including phenoxy) is 1. The first-order valence-corrected chi connectivity index (χ1v) is 8.75. The molecular weight excluding hydrogens is 344 g/mol. The van der Waals surface area contributed by atoms with Gasteiger partial charge in [0.1, 0.15) is 5.52 Å². The second kappa shape index (κ2) is 7.07. The van der Waals surface area contributed by atoms with E-state index in [9.17, 15) is 9.59 Å². The van der Waals surface area contributed by atoms with Crippen LogP contribution in [0.15, 0.2) is 59.0 Å². The quantitative estimate of drug-likeness (QED) is 0.526. The molecule has 1 aliphatic heterocycles. The highest BCUT2D eigenvalue weighted by atomic mass is 16.5. The highest BCUT2D eigenvalue weighted by molar-refractivity contribution is 6.00. The number of benzene rings is 2. The molecule has 136 valence electrons. The molecule has 0 bridgehead atoms. The van der Waals surface area contributed by atoms with Gasteiger partial charge in [-0.05, 0) is 37.1 Å². The predicted molar refractivity (Wildman–Crippen MR) is 101 cm³/mol. The minimum Gasteiger partial charge on any atom is -0.449 e. The second-order valence-corrected chi connectivity index (χ2v) is 6.30. The van der Waals surface area contributed by atoms with E-state index in [1.807, 2.05) is 42.5 Å². The Morgan fingerprint density at radius 1 is 1.19 bits per heavy atom. The van der Waals surface area contributed by atoms with Gasteiger partial charge in [0, 0.05) is 24.4 Å². The molecule has 1 aliphatic rings. The summed E-state index contributed by atoms with van der Waals surface area (Å²) in [6, 6.07) is 15.1. The monoisotopic (exact) mass is 362 g/mol. The number of para-hydroxylation sites is 3. The Morgan fingerprint density at radius 3 is 2.81 bits per heavy atom. The standard InChI is InChI=1S/C21H18N2O4/c1-14(21(25)23-13-12-15-6-2-4-8-17(15)23)26-20(24)11-10-19-22-16-7-3-5-9-18(16)27-19/h2-11,14H,12-13H2,1H3/b11-10+. The molecule has 0 aliphatic carbocycles. The summed E-state index contributed by atoms with van der Waals surface area (Å²) in [5, 5.41) is 0. The maximum absolute atomic E-state index is 12.6. The lowest BCUT2D eigenvalue weighted by atomic mass is 10.2. The zero-order valence-corrected chi connectivity index (χ0v) is 14.8. The van der Waals surface area contributed by atoms with E-state index in [0.29, 0.717) is 23.5 Å². The first kappa shape index (κ1) is 17.0. The third-order valence-electron chi connectivity index (χ3n) is 4.47. The summed E-state index contributed by atoms with van der Waals surface area (Å²) in [7, 11) is 0. The highest BCUT2D eigenvalue weighted by Gasteiger charge is 2.29. The van der Waals surface area contributed by atoms with Crippen LogP contribution in [0.1, 0.15) is 18.4 Å². The summed E-state index contributed by atoms with van der Waals surface area (Å²) in [4.78, 5) is 30.6. The first-order chi connectivity index (χ1) is 13.1. The Balaban J connectivity index is 1.39. The van der Waals surface area contributed by atoms with Crippen molar-refractivity contribution in [2.45, 2.75) is 19.4 Å². The SMILES string of the molecule is CC(OC(=O)/C=C/c1nc2ccccc2o1)C(=O)N1CCc2ccccc21. The number of carbonyl (C=O) groups is 2. The van der Waals surface area contributed by atoms with Gasteiger partial charge in [0.2, 0.25) is 5.89 Å². The van der Waals surface area contributed by atoms with Crippen molar-refractivity contribution in [1.29, 1.82) is 0 Å². The molecule has 6 heteroatoms.